The Kier molecular flexibility index (Phi) is 6.40. The number of amides is 2. The fraction of sp³-hybridized carbons (Fsp3) is 0.231. The monoisotopic (exact) mass is 430 g/mol. The third-order valence-electron chi connectivity index (χ3n) is 5.22. The molecule has 2 amide bonds. The van der Waals surface area contributed by atoms with E-state index in [0.717, 1.165) is 16.9 Å². The van der Waals surface area contributed by atoms with Crippen LogP contribution in [0.25, 0.3) is 0 Å². The van der Waals surface area contributed by atoms with Gasteiger partial charge in [0.25, 0.3) is 11.8 Å². The van der Waals surface area contributed by atoms with E-state index in [2.05, 4.69) is 5.32 Å². The third-order valence-corrected chi connectivity index (χ3v) is 5.22. The minimum Gasteiger partial charge on any atom is -0.494 e. The Morgan fingerprint density at radius 1 is 1.03 bits per heavy atom. The second-order valence-corrected chi connectivity index (χ2v) is 7.86. The summed E-state index contributed by atoms with van der Waals surface area (Å²) in [4.78, 5) is 26.8. The molecule has 3 aromatic carbocycles. The van der Waals surface area contributed by atoms with Gasteiger partial charge in [0, 0.05) is 17.8 Å². The molecule has 0 aliphatic carbocycles. The summed E-state index contributed by atoms with van der Waals surface area (Å²) in [5.41, 5.74) is 4.00. The second-order valence-electron chi connectivity index (χ2n) is 7.86. The number of fused-ring (bicyclic) bond motifs is 1. The van der Waals surface area contributed by atoms with Gasteiger partial charge in [-0.2, -0.15) is 0 Å². The molecule has 0 aromatic heterocycles. The van der Waals surface area contributed by atoms with Crippen molar-refractivity contribution in [2.45, 2.75) is 20.3 Å². The van der Waals surface area contributed by atoms with Crippen LogP contribution in [0.5, 0.6) is 11.5 Å². The zero-order chi connectivity index (χ0) is 22.5. The number of carbonyl (C=O) groups is 2. The number of nitrogens with one attached hydrogen (secondary N) is 1. The fourth-order valence-corrected chi connectivity index (χ4v) is 3.63. The first-order valence-corrected chi connectivity index (χ1v) is 10.6. The summed E-state index contributed by atoms with van der Waals surface area (Å²) in [5.74, 6) is 1.13. The Morgan fingerprint density at radius 3 is 2.59 bits per heavy atom. The van der Waals surface area contributed by atoms with Gasteiger partial charge in [-0.25, -0.2) is 0 Å². The number of aryl methyl sites for hydroxylation is 2. The van der Waals surface area contributed by atoms with Crippen molar-refractivity contribution < 1.29 is 19.1 Å². The van der Waals surface area contributed by atoms with Crippen molar-refractivity contribution in [2.75, 3.05) is 30.0 Å². The van der Waals surface area contributed by atoms with Crippen molar-refractivity contribution in [3.05, 3.63) is 83.4 Å². The lowest BCUT2D eigenvalue weighted by molar-refractivity contribution is -0.121. The van der Waals surface area contributed by atoms with Gasteiger partial charge < -0.3 is 19.7 Å². The number of ether oxygens (including phenoxy) is 2. The Hall–Kier alpha value is -3.80. The van der Waals surface area contributed by atoms with Gasteiger partial charge in [-0.3, -0.25) is 9.59 Å². The van der Waals surface area contributed by atoms with Crippen molar-refractivity contribution in [3.63, 3.8) is 0 Å². The number of anilines is 2. The zero-order valence-corrected chi connectivity index (χ0v) is 18.3. The Bertz CT molecular complexity index is 1140. The van der Waals surface area contributed by atoms with Crippen molar-refractivity contribution in [1.29, 1.82) is 0 Å². The van der Waals surface area contributed by atoms with Crippen molar-refractivity contribution in [2.24, 2.45) is 0 Å². The number of nitrogens with zero attached hydrogens (tertiary/aromatic N) is 1. The van der Waals surface area contributed by atoms with Gasteiger partial charge in [0.2, 0.25) is 0 Å². The SMILES string of the molecule is Cc1cccc(OCCCN2C(=O)COc3ccc(NC(=O)c4cccc(C)c4)cc32)c1. The maximum absolute atomic E-state index is 12.6. The maximum atomic E-state index is 12.6. The summed E-state index contributed by atoms with van der Waals surface area (Å²) < 4.78 is 11.4. The molecule has 6 nitrogen and oxygen atoms in total. The molecule has 0 saturated carbocycles. The van der Waals surface area contributed by atoms with Crippen molar-refractivity contribution >= 4 is 23.2 Å². The first kappa shape index (κ1) is 21.4. The summed E-state index contributed by atoms with van der Waals surface area (Å²) >= 11 is 0. The van der Waals surface area contributed by atoms with Crippen LogP contribution in [0.15, 0.2) is 66.7 Å². The van der Waals surface area contributed by atoms with Gasteiger partial charge in [0.05, 0.1) is 12.3 Å². The summed E-state index contributed by atoms with van der Waals surface area (Å²) in [6.45, 7) is 4.95. The highest BCUT2D eigenvalue weighted by Crippen LogP contribution is 2.35. The highest BCUT2D eigenvalue weighted by atomic mass is 16.5. The van der Waals surface area contributed by atoms with E-state index in [4.69, 9.17) is 9.47 Å². The van der Waals surface area contributed by atoms with Crippen LogP contribution in [0, 0.1) is 13.8 Å². The van der Waals surface area contributed by atoms with Crippen LogP contribution in [-0.2, 0) is 4.79 Å². The standard InChI is InChI=1S/C26H26N2O4/c1-18-6-3-8-20(14-18)26(30)27-21-10-11-24-23(16-21)28(25(29)17-32-24)12-5-13-31-22-9-4-7-19(2)15-22/h3-4,6-11,14-16H,5,12-13,17H2,1-2H3,(H,27,30). The van der Waals surface area contributed by atoms with E-state index in [1.165, 1.54) is 0 Å². The molecule has 6 heteroatoms. The average Bonchev–Trinajstić information content (AvgIpc) is 2.78. The lowest BCUT2D eigenvalue weighted by Crippen LogP contribution is -2.39. The smallest absolute Gasteiger partial charge is 0.265 e. The lowest BCUT2D eigenvalue weighted by Gasteiger charge is -2.30. The first-order chi connectivity index (χ1) is 15.5. The maximum Gasteiger partial charge on any atom is 0.265 e. The predicted molar refractivity (Wildman–Crippen MR) is 125 cm³/mol. The Morgan fingerprint density at radius 2 is 1.81 bits per heavy atom. The van der Waals surface area contributed by atoms with Crippen LogP contribution in [0.2, 0.25) is 0 Å². The van der Waals surface area contributed by atoms with E-state index in [1.807, 2.05) is 56.3 Å². The van der Waals surface area contributed by atoms with E-state index in [1.54, 1.807) is 29.2 Å². The van der Waals surface area contributed by atoms with Crippen LogP contribution < -0.4 is 19.7 Å². The molecule has 1 aliphatic rings. The number of hydrogen-bond donors (Lipinski definition) is 1. The number of rotatable bonds is 7. The number of hydrogen-bond acceptors (Lipinski definition) is 4. The molecule has 3 aromatic rings. The molecule has 0 radical (unpaired) electrons. The van der Waals surface area contributed by atoms with Crippen molar-refractivity contribution in [1.82, 2.24) is 0 Å². The van der Waals surface area contributed by atoms with Crippen LogP contribution >= 0.6 is 0 Å². The predicted octanol–water partition coefficient (Wildman–Crippen LogP) is 4.75. The van der Waals surface area contributed by atoms with Crippen LogP contribution in [0.4, 0.5) is 11.4 Å². The molecule has 1 heterocycles. The molecule has 1 N–H and O–H groups in total. The summed E-state index contributed by atoms with van der Waals surface area (Å²) in [7, 11) is 0. The summed E-state index contributed by atoms with van der Waals surface area (Å²) in [6, 6.07) is 20.6. The molecule has 0 fully saturated rings. The van der Waals surface area contributed by atoms with Crippen LogP contribution in [0.1, 0.15) is 27.9 Å². The molecule has 0 spiro atoms. The van der Waals surface area contributed by atoms with Gasteiger partial charge in [-0.1, -0.05) is 29.8 Å². The third kappa shape index (κ3) is 5.09. The number of carbonyl (C=O) groups excluding carboxylic acids is 2. The highest BCUT2D eigenvalue weighted by molar-refractivity contribution is 6.05. The minimum atomic E-state index is -0.199. The molecule has 32 heavy (non-hydrogen) atoms. The van der Waals surface area contributed by atoms with E-state index >= 15 is 0 Å². The van der Waals surface area contributed by atoms with E-state index in [9.17, 15) is 9.59 Å². The van der Waals surface area contributed by atoms with E-state index < -0.39 is 0 Å². The van der Waals surface area contributed by atoms with Gasteiger partial charge >= 0.3 is 0 Å². The average molecular weight is 431 g/mol. The molecule has 1 aliphatic heterocycles. The van der Waals surface area contributed by atoms with Gasteiger partial charge in [-0.15, -0.1) is 0 Å². The van der Waals surface area contributed by atoms with Gasteiger partial charge in [-0.05, 0) is 68.3 Å². The lowest BCUT2D eigenvalue weighted by atomic mass is 10.1. The van der Waals surface area contributed by atoms with E-state index in [0.29, 0.717) is 42.3 Å². The van der Waals surface area contributed by atoms with E-state index in [-0.39, 0.29) is 18.4 Å². The first-order valence-electron chi connectivity index (χ1n) is 10.6. The molecule has 0 unspecified atom stereocenters. The summed E-state index contributed by atoms with van der Waals surface area (Å²) in [5, 5.41) is 2.91. The van der Waals surface area contributed by atoms with Crippen LogP contribution in [-0.4, -0.2) is 31.6 Å². The molecule has 4 rings (SSSR count). The van der Waals surface area contributed by atoms with Crippen LogP contribution in [0.3, 0.4) is 0 Å². The summed E-state index contributed by atoms with van der Waals surface area (Å²) in [6.07, 6.45) is 0.666. The largest absolute Gasteiger partial charge is 0.494 e. The van der Waals surface area contributed by atoms with Gasteiger partial charge in [0.1, 0.15) is 11.5 Å². The number of benzene rings is 3. The molecular weight excluding hydrogens is 404 g/mol. The Balaban J connectivity index is 1.43. The van der Waals surface area contributed by atoms with Crippen molar-refractivity contribution in [3.8, 4) is 11.5 Å². The Labute approximate surface area is 187 Å². The van der Waals surface area contributed by atoms with Gasteiger partial charge in [0.15, 0.2) is 6.61 Å². The fourth-order valence-electron chi connectivity index (χ4n) is 3.63. The second kappa shape index (κ2) is 9.56. The quantitative estimate of drug-likeness (QED) is 0.549. The normalized spacial score (nSPS) is 12.7. The highest BCUT2D eigenvalue weighted by Gasteiger charge is 2.25. The molecular formula is C26H26N2O4. The molecule has 0 atom stereocenters. The zero-order valence-electron chi connectivity index (χ0n) is 18.3. The molecule has 0 bridgehead atoms. The topological polar surface area (TPSA) is 67.9 Å². The molecule has 164 valence electrons. The molecule has 0 saturated heterocycles. The minimum absolute atomic E-state index is 0.000729.